The predicted octanol–water partition coefficient (Wildman–Crippen LogP) is 6.67. The second kappa shape index (κ2) is 12.3. The zero-order chi connectivity index (χ0) is 28.9. The van der Waals surface area contributed by atoms with Crippen LogP contribution in [0, 0.1) is 6.92 Å². The Labute approximate surface area is 233 Å². The highest BCUT2D eigenvalue weighted by molar-refractivity contribution is 8.18. The first kappa shape index (κ1) is 28.8. The minimum atomic E-state index is -4.58. The van der Waals surface area contributed by atoms with Gasteiger partial charge in [0.15, 0.2) is 11.5 Å². The summed E-state index contributed by atoms with van der Waals surface area (Å²) < 4.78 is 50.4. The van der Waals surface area contributed by atoms with Crippen molar-refractivity contribution >= 4 is 40.6 Å². The zero-order valence-corrected chi connectivity index (χ0v) is 22.4. The van der Waals surface area contributed by atoms with Gasteiger partial charge in [-0.05, 0) is 73.1 Å². The lowest BCUT2D eigenvalue weighted by atomic mass is 10.1. The van der Waals surface area contributed by atoms with Gasteiger partial charge in [0.05, 0.1) is 17.1 Å². The van der Waals surface area contributed by atoms with Crippen molar-refractivity contribution in [2.75, 3.05) is 18.5 Å². The lowest BCUT2D eigenvalue weighted by molar-refractivity contribution is -0.137. The predicted molar refractivity (Wildman–Crippen MR) is 146 cm³/mol. The highest BCUT2D eigenvalue weighted by Crippen LogP contribution is 2.35. The molecule has 0 atom stereocenters. The molecule has 1 saturated heterocycles. The Kier molecular flexibility index (Phi) is 8.83. The Balaban J connectivity index is 1.43. The number of amides is 3. The number of carbonyl (C=O) groups excluding carboxylic acids is 3. The summed E-state index contributed by atoms with van der Waals surface area (Å²) in [6.07, 6.45) is -3.08. The topological polar surface area (TPSA) is 84.9 Å². The molecule has 0 saturated carbocycles. The van der Waals surface area contributed by atoms with Gasteiger partial charge in [-0.25, -0.2) is 0 Å². The summed E-state index contributed by atoms with van der Waals surface area (Å²) in [5.41, 5.74) is 1.67. The third-order valence-electron chi connectivity index (χ3n) is 5.73. The second-order valence-electron chi connectivity index (χ2n) is 8.81. The molecular formula is C29H25F3N2O5S. The first-order valence-corrected chi connectivity index (χ1v) is 13.0. The van der Waals surface area contributed by atoms with Crippen LogP contribution in [-0.4, -0.2) is 35.1 Å². The molecule has 0 bridgehead atoms. The maximum absolute atomic E-state index is 12.9. The van der Waals surface area contributed by atoms with Crippen LogP contribution in [0.15, 0.2) is 71.6 Å². The monoisotopic (exact) mass is 570 g/mol. The molecule has 3 amide bonds. The number of imide groups is 1. The number of alkyl halides is 3. The van der Waals surface area contributed by atoms with E-state index in [2.05, 4.69) is 5.32 Å². The maximum atomic E-state index is 12.9. The van der Waals surface area contributed by atoms with Gasteiger partial charge in [-0.1, -0.05) is 42.0 Å². The molecule has 0 aromatic heterocycles. The van der Waals surface area contributed by atoms with Gasteiger partial charge < -0.3 is 14.8 Å². The van der Waals surface area contributed by atoms with Crippen LogP contribution in [0.4, 0.5) is 23.7 Å². The van der Waals surface area contributed by atoms with Crippen LogP contribution in [0.25, 0.3) is 6.08 Å². The van der Waals surface area contributed by atoms with E-state index in [9.17, 15) is 27.6 Å². The third kappa shape index (κ3) is 7.23. The fraction of sp³-hybridized carbons (Fsp3) is 0.207. The molecule has 0 radical (unpaired) electrons. The second-order valence-corrected chi connectivity index (χ2v) is 9.80. The number of hydrogen-bond acceptors (Lipinski definition) is 6. The van der Waals surface area contributed by atoms with Crippen molar-refractivity contribution in [3.05, 3.63) is 93.9 Å². The average Bonchev–Trinajstić information content (AvgIpc) is 3.16. The first-order chi connectivity index (χ1) is 19.0. The van der Waals surface area contributed by atoms with E-state index in [1.54, 1.807) is 18.2 Å². The number of benzene rings is 3. The Hall–Kier alpha value is -4.25. The largest absolute Gasteiger partial charge is 0.490 e. The van der Waals surface area contributed by atoms with Crippen LogP contribution in [0.2, 0.25) is 0 Å². The summed E-state index contributed by atoms with van der Waals surface area (Å²) in [6, 6.07) is 17.1. The van der Waals surface area contributed by atoms with Gasteiger partial charge >= 0.3 is 6.18 Å². The number of halogens is 3. The van der Waals surface area contributed by atoms with Gasteiger partial charge in [0.25, 0.3) is 11.1 Å². The van der Waals surface area contributed by atoms with Crippen LogP contribution >= 0.6 is 11.8 Å². The van der Waals surface area contributed by atoms with E-state index in [0.717, 1.165) is 34.2 Å². The molecule has 1 heterocycles. The molecule has 1 fully saturated rings. The quantitative estimate of drug-likeness (QED) is 0.290. The summed E-state index contributed by atoms with van der Waals surface area (Å²) in [7, 11) is 0. The first-order valence-electron chi connectivity index (χ1n) is 12.2. The van der Waals surface area contributed by atoms with Crippen molar-refractivity contribution in [2.45, 2.75) is 26.6 Å². The number of aryl methyl sites for hydroxylation is 1. The highest BCUT2D eigenvalue weighted by atomic mass is 32.2. The van der Waals surface area contributed by atoms with E-state index in [-0.39, 0.29) is 10.6 Å². The highest BCUT2D eigenvalue weighted by Gasteiger charge is 2.36. The molecule has 0 aliphatic carbocycles. The van der Waals surface area contributed by atoms with Crippen LogP contribution in [-0.2, 0) is 22.4 Å². The molecule has 3 aromatic rings. The fourth-order valence-corrected chi connectivity index (χ4v) is 4.59. The summed E-state index contributed by atoms with van der Waals surface area (Å²) in [5.74, 6) is -0.523. The van der Waals surface area contributed by atoms with E-state index in [1.807, 2.05) is 38.1 Å². The summed E-state index contributed by atoms with van der Waals surface area (Å²) in [4.78, 5) is 38.6. The lowest BCUT2D eigenvalue weighted by Gasteiger charge is -2.14. The van der Waals surface area contributed by atoms with Crippen molar-refractivity contribution in [3.63, 3.8) is 0 Å². The van der Waals surface area contributed by atoms with Crippen LogP contribution < -0.4 is 14.8 Å². The zero-order valence-electron chi connectivity index (χ0n) is 21.6. The number of nitrogens with zero attached hydrogens (tertiary/aromatic N) is 1. The number of anilines is 1. The van der Waals surface area contributed by atoms with Crippen LogP contribution in [0.1, 0.15) is 29.2 Å². The molecule has 11 heteroatoms. The van der Waals surface area contributed by atoms with Gasteiger partial charge in [-0.2, -0.15) is 13.2 Å². The number of hydrogen-bond donors (Lipinski definition) is 1. The number of carbonyl (C=O) groups is 3. The SMILES string of the molecule is CCOc1cc(/C=C2\SC(=O)N(CC(=O)Nc3cccc(C(F)(F)F)c3)C2=O)ccc1OCc1ccc(C)cc1. The number of rotatable bonds is 9. The van der Waals surface area contributed by atoms with Gasteiger partial charge in [-0.15, -0.1) is 0 Å². The van der Waals surface area contributed by atoms with E-state index in [0.29, 0.717) is 42.0 Å². The number of ether oxygens (including phenoxy) is 2. The minimum Gasteiger partial charge on any atom is -0.490 e. The van der Waals surface area contributed by atoms with Gasteiger partial charge in [-0.3, -0.25) is 19.3 Å². The number of nitrogens with one attached hydrogen (secondary N) is 1. The molecule has 1 aliphatic heterocycles. The Morgan fingerprint density at radius 2 is 1.75 bits per heavy atom. The third-order valence-corrected chi connectivity index (χ3v) is 6.64. The molecule has 1 N–H and O–H groups in total. The van der Waals surface area contributed by atoms with E-state index >= 15 is 0 Å². The molecule has 1 aliphatic rings. The molecule has 4 rings (SSSR count). The van der Waals surface area contributed by atoms with Crippen LogP contribution in [0.3, 0.4) is 0 Å². The molecule has 0 spiro atoms. The summed E-state index contributed by atoms with van der Waals surface area (Å²) >= 11 is 0.661. The Morgan fingerprint density at radius 1 is 1.00 bits per heavy atom. The van der Waals surface area contributed by atoms with Gasteiger partial charge in [0, 0.05) is 5.69 Å². The van der Waals surface area contributed by atoms with Crippen molar-refractivity contribution in [1.29, 1.82) is 0 Å². The maximum Gasteiger partial charge on any atom is 0.416 e. The lowest BCUT2D eigenvalue weighted by Crippen LogP contribution is -2.36. The van der Waals surface area contributed by atoms with Crippen molar-refractivity contribution in [1.82, 2.24) is 4.90 Å². The van der Waals surface area contributed by atoms with Gasteiger partial charge in [0.2, 0.25) is 5.91 Å². The average molecular weight is 571 g/mol. The van der Waals surface area contributed by atoms with E-state index in [1.165, 1.54) is 12.1 Å². The van der Waals surface area contributed by atoms with Crippen molar-refractivity contribution in [3.8, 4) is 11.5 Å². The molecule has 40 heavy (non-hydrogen) atoms. The smallest absolute Gasteiger partial charge is 0.416 e. The number of thioether (sulfide) groups is 1. The Bertz CT molecular complexity index is 1450. The van der Waals surface area contributed by atoms with Crippen molar-refractivity contribution < 1.29 is 37.0 Å². The van der Waals surface area contributed by atoms with E-state index in [4.69, 9.17) is 9.47 Å². The Morgan fingerprint density at radius 3 is 2.45 bits per heavy atom. The minimum absolute atomic E-state index is 0.0904. The van der Waals surface area contributed by atoms with Gasteiger partial charge in [0.1, 0.15) is 13.2 Å². The molecule has 3 aromatic carbocycles. The fourth-order valence-electron chi connectivity index (χ4n) is 3.75. The molecule has 7 nitrogen and oxygen atoms in total. The van der Waals surface area contributed by atoms with Crippen LogP contribution in [0.5, 0.6) is 11.5 Å². The molecule has 208 valence electrons. The van der Waals surface area contributed by atoms with E-state index < -0.39 is 35.3 Å². The normalized spacial score (nSPS) is 14.5. The summed E-state index contributed by atoms with van der Waals surface area (Å²) in [6.45, 7) is 3.89. The van der Waals surface area contributed by atoms with Crippen molar-refractivity contribution in [2.24, 2.45) is 0 Å². The standard InChI is InChI=1S/C29H25F3N2O5S/c1-3-38-24-13-20(11-12-23(24)39-17-19-9-7-18(2)8-10-19)14-25-27(36)34(28(37)40-25)16-26(35)33-22-6-4-5-21(15-22)29(30,31)32/h4-15H,3,16-17H2,1-2H3,(H,33,35)/b25-14-. The summed E-state index contributed by atoms with van der Waals surface area (Å²) in [5, 5.41) is 1.63. The molecular weight excluding hydrogens is 545 g/mol. The molecule has 0 unspecified atom stereocenters.